The van der Waals surface area contributed by atoms with Crippen molar-refractivity contribution in [2.75, 3.05) is 18.1 Å². The lowest BCUT2D eigenvalue weighted by molar-refractivity contribution is -0.0971. The van der Waals surface area contributed by atoms with E-state index in [-0.39, 0.29) is 11.1 Å². The molecule has 1 aliphatic carbocycles. The molecule has 2 aliphatic heterocycles. The van der Waals surface area contributed by atoms with Crippen LogP contribution >= 0.6 is 11.8 Å². The number of hydrogen-bond acceptors (Lipinski definition) is 3. The Morgan fingerprint density at radius 3 is 2.50 bits per heavy atom. The summed E-state index contributed by atoms with van der Waals surface area (Å²) in [4.78, 5) is 0. The van der Waals surface area contributed by atoms with Crippen LogP contribution in [-0.4, -0.2) is 29.3 Å². The van der Waals surface area contributed by atoms with E-state index in [2.05, 4.69) is 25.6 Å². The molecule has 2 heterocycles. The molecule has 116 valence electrons. The largest absolute Gasteiger partial charge is 0.374 e. The zero-order chi connectivity index (χ0) is 14.2. The highest BCUT2D eigenvalue weighted by atomic mass is 32.2. The Kier molecular flexibility index (Phi) is 4.41. The van der Waals surface area contributed by atoms with E-state index >= 15 is 0 Å². The van der Waals surface area contributed by atoms with E-state index in [4.69, 9.17) is 10.5 Å². The molecule has 0 aromatic heterocycles. The zero-order valence-electron chi connectivity index (χ0n) is 13.2. The Hall–Kier alpha value is 0.270. The van der Waals surface area contributed by atoms with Gasteiger partial charge < -0.3 is 10.5 Å². The molecule has 3 fully saturated rings. The Bertz CT molecular complexity index is 330. The molecule has 0 amide bonds. The average molecular weight is 298 g/mol. The predicted molar refractivity (Wildman–Crippen MR) is 87.1 cm³/mol. The first-order valence-electron chi connectivity index (χ1n) is 8.54. The van der Waals surface area contributed by atoms with Crippen LogP contribution in [0.15, 0.2) is 0 Å². The first-order chi connectivity index (χ1) is 9.53. The minimum atomic E-state index is 0.107. The predicted octanol–water partition coefficient (Wildman–Crippen LogP) is 3.83. The normalized spacial score (nSPS) is 46.2. The summed E-state index contributed by atoms with van der Waals surface area (Å²) in [5.41, 5.74) is 7.18. The van der Waals surface area contributed by atoms with Crippen molar-refractivity contribution < 1.29 is 4.74 Å². The molecule has 0 radical (unpaired) electrons. The molecular weight excluding hydrogens is 266 g/mol. The van der Waals surface area contributed by atoms with Gasteiger partial charge >= 0.3 is 0 Å². The van der Waals surface area contributed by atoms with Gasteiger partial charge in [0.2, 0.25) is 0 Å². The monoisotopic (exact) mass is 297 g/mol. The van der Waals surface area contributed by atoms with Gasteiger partial charge in [-0.3, -0.25) is 0 Å². The zero-order valence-corrected chi connectivity index (χ0v) is 14.0. The summed E-state index contributed by atoms with van der Waals surface area (Å²) in [7, 11) is 0. The Morgan fingerprint density at radius 1 is 1.15 bits per heavy atom. The topological polar surface area (TPSA) is 35.2 Å². The van der Waals surface area contributed by atoms with Gasteiger partial charge in [0.05, 0.1) is 5.60 Å². The second kappa shape index (κ2) is 5.81. The van der Waals surface area contributed by atoms with Crippen molar-refractivity contribution in [1.29, 1.82) is 0 Å². The molecule has 1 spiro atoms. The summed E-state index contributed by atoms with van der Waals surface area (Å²) < 4.78 is 6.18. The molecule has 2 atom stereocenters. The molecule has 3 aliphatic rings. The van der Waals surface area contributed by atoms with Crippen molar-refractivity contribution in [2.24, 2.45) is 23.5 Å². The Morgan fingerprint density at radius 2 is 1.90 bits per heavy atom. The highest BCUT2D eigenvalue weighted by molar-refractivity contribution is 7.99. The van der Waals surface area contributed by atoms with Gasteiger partial charge in [-0.1, -0.05) is 13.8 Å². The lowest BCUT2D eigenvalue weighted by Gasteiger charge is -2.49. The van der Waals surface area contributed by atoms with Crippen molar-refractivity contribution in [2.45, 2.75) is 69.9 Å². The fourth-order valence-corrected chi connectivity index (χ4v) is 6.01. The van der Waals surface area contributed by atoms with Gasteiger partial charge in [0, 0.05) is 17.9 Å². The van der Waals surface area contributed by atoms with E-state index in [0.29, 0.717) is 5.92 Å². The molecule has 3 rings (SSSR count). The van der Waals surface area contributed by atoms with E-state index in [1.54, 1.807) is 0 Å². The van der Waals surface area contributed by atoms with Crippen LogP contribution in [0.3, 0.4) is 0 Å². The van der Waals surface area contributed by atoms with E-state index < -0.39 is 0 Å². The van der Waals surface area contributed by atoms with Crippen LogP contribution in [0.4, 0.5) is 0 Å². The first kappa shape index (κ1) is 15.2. The van der Waals surface area contributed by atoms with Crippen molar-refractivity contribution in [1.82, 2.24) is 0 Å². The number of hydrogen-bond donors (Lipinski definition) is 1. The van der Waals surface area contributed by atoms with Gasteiger partial charge in [0.15, 0.2) is 0 Å². The third-order valence-electron chi connectivity index (χ3n) is 6.28. The van der Waals surface area contributed by atoms with Crippen LogP contribution in [0.5, 0.6) is 0 Å². The van der Waals surface area contributed by atoms with Gasteiger partial charge in [-0.15, -0.1) is 0 Å². The van der Waals surface area contributed by atoms with E-state index in [9.17, 15) is 0 Å². The van der Waals surface area contributed by atoms with Gasteiger partial charge in [0.25, 0.3) is 0 Å². The molecule has 0 bridgehead atoms. The summed E-state index contributed by atoms with van der Waals surface area (Å²) in [5, 5.41) is 0. The Balaban J connectivity index is 1.63. The minimum Gasteiger partial charge on any atom is -0.374 e. The highest BCUT2D eigenvalue weighted by Gasteiger charge is 2.47. The van der Waals surface area contributed by atoms with Gasteiger partial charge in [-0.25, -0.2) is 0 Å². The van der Waals surface area contributed by atoms with Crippen LogP contribution in [0.1, 0.15) is 58.8 Å². The molecule has 3 heteroatoms. The van der Waals surface area contributed by atoms with Crippen molar-refractivity contribution in [3.8, 4) is 0 Å². The summed E-state index contributed by atoms with van der Waals surface area (Å²) in [6.07, 6.45) is 8.82. The maximum absolute atomic E-state index is 6.88. The molecule has 2 saturated heterocycles. The maximum atomic E-state index is 6.88. The quantitative estimate of drug-likeness (QED) is 0.841. The van der Waals surface area contributed by atoms with Crippen LogP contribution < -0.4 is 5.73 Å². The molecule has 1 saturated carbocycles. The summed E-state index contributed by atoms with van der Waals surface area (Å²) in [6.45, 7) is 5.68. The van der Waals surface area contributed by atoms with E-state index in [0.717, 1.165) is 18.4 Å². The fraction of sp³-hybridized carbons (Fsp3) is 1.00. The van der Waals surface area contributed by atoms with Gasteiger partial charge in [-0.2, -0.15) is 11.8 Å². The molecule has 0 aromatic rings. The molecule has 2 N–H and O–H groups in total. The third-order valence-corrected chi connectivity index (χ3v) is 7.50. The van der Waals surface area contributed by atoms with Gasteiger partial charge in [-0.05, 0) is 68.5 Å². The number of ether oxygens (including phenoxy) is 1. The first-order valence-corrected chi connectivity index (χ1v) is 9.69. The lowest BCUT2D eigenvalue weighted by Crippen LogP contribution is -2.55. The number of thioether (sulfide) groups is 1. The molecular formula is C17H31NOS. The second-order valence-electron chi connectivity index (χ2n) is 7.84. The average Bonchev–Trinajstić information content (AvgIpc) is 2.87. The summed E-state index contributed by atoms with van der Waals surface area (Å²) in [6, 6.07) is 0. The number of nitrogens with two attached hydrogens (primary N) is 1. The van der Waals surface area contributed by atoms with Crippen LogP contribution in [0.25, 0.3) is 0 Å². The van der Waals surface area contributed by atoms with Crippen molar-refractivity contribution in [3.63, 3.8) is 0 Å². The van der Waals surface area contributed by atoms with Crippen LogP contribution in [-0.2, 0) is 4.74 Å². The summed E-state index contributed by atoms with van der Waals surface area (Å²) in [5.74, 6) is 4.91. The molecule has 20 heavy (non-hydrogen) atoms. The van der Waals surface area contributed by atoms with Crippen molar-refractivity contribution >= 4 is 11.8 Å². The van der Waals surface area contributed by atoms with E-state index in [1.807, 2.05) is 0 Å². The second-order valence-corrected chi connectivity index (χ2v) is 8.94. The third kappa shape index (κ3) is 2.91. The molecule has 0 aromatic carbocycles. The highest BCUT2D eigenvalue weighted by Crippen LogP contribution is 2.47. The lowest BCUT2D eigenvalue weighted by atomic mass is 9.64. The number of rotatable bonds is 2. The maximum Gasteiger partial charge on any atom is 0.0783 e. The standard InChI is InChI=1S/C17H31NOS/c1-13(2)14-3-6-17(18,7-4-14)15-5-9-19-16(11-15)8-10-20-12-16/h13-15H,3-12,18H2,1-2H3. The van der Waals surface area contributed by atoms with Crippen LogP contribution in [0, 0.1) is 17.8 Å². The minimum absolute atomic E-state index is 0.107. The fourth-order valence-electron chi connectivity index (χ4n) is 4.63. The summed E-state index contributed by atoms with van der Waals surface area (Å²) >= 11 is 2.07. The molecule has 2 unspecified atom stereocenters. The van der Waals surface area contributed by atoms with Crippen LogP contribution in [0.2, 0.25) is 0 Å². The smallest absolute Gasteiger partial charge is 0.0783 e. The van der Waals surface area contributed by atoms with Crippen molar-refractivity contribution in [3.05, 3.63) is 0 Å². The van der Waals surface area contributed by atoms with E-state index in [1.165, 1.54) is 56.5 Å². The van der Waals surface area contributed by atoms with Gasteiger partial charge in [0.1, 0.15) is 0 Å². The Labute approximate surface area is 128 Å². The SMILES string of the molecule is CC(C)C1CCC(N)(C2CCOC3(CCSC3)C2)CC1. The molecule has 2 nitrogen and oxygen atoms in total.